The largest absolute Gasteiger partial charge is 0.436 e. The molecule has 0 saturated carbocycles. The molecule has 158 valence electrons. The smallest absolute Gasteiger partial charge is 0.247 e. The van der Waals surface area contributed by atoms with Crippen LogP contribution in [0, 0.1) is 0 Å². The maximum atomic E-state index is 12.6. The van der Waals surface area contributed by atoms with Gasteiger partial charge in [-0.25, -0.2) is 4.98 Å². The van der Waals surface area contributed by atoms with Crippen LogP contribution < -0.4 is 10.6 Å². The molecular weight excluding hydrogens is 396 g/mol. The molecule has 0 aliphatic carbocycles. The van der Waals surface area contributed by atoms with E-state index in [0.717, 1.165) is 17.5 Å². The van der Waals surface area contributed by atoms with Gasteiger partial charge >= 0.3 is 0 Å². The number of nitrogens with zero attached hydrogens (tertiary/aromatic N) is 2. The molecule has 1 aliphatic heterocycles. The lowest BCUT2D eigenvalue weighted by Gasteiger charge is -2.22. The molecule has 0 spiro atoms. The molecule has 2 aromatic carbocycles. The van der Waals surface area contributed by atoms with Gasteiger partial charge < -0.3 is 20.0 Å². The maximum Gasteiger partial charge on any atom is 0.247 e. The van der Waals surface area contributed by atoms with E-state index in [1.165, 1.54) is 6.92 Å². The van der Waals surface area contributed by atoms with Crippen LogP contribution in [-0.4, -0.2) is 40.7 Å². The van der Waals surface area contributed by atoms with Gasteiger partial charge in [-0.2, -0.15) is 0 Å². The highest BCUT2D eigenvalue weighted by molar-refractivity contribution is 5.97. The number of nitrogens with one attached hydrogen (secondary N) is 2. The van der Waals surface area contributed by atoms with Crippen molar-refractivity contribution in [3.8, 4) is 22.8 Å². The van der Waals surface area contributed by atoms with Crippen molar-refractivity contribution in [3.63, 3.8) is 0 Å². The van der Waals surface area contributed by atoms with E-state index >= 15 is 0 Å². The van der Waals surface area contributed by atoms with E-state index in [1.807, 2.05) is 24.3 Å². The Kier molecular flexibility index (Phi) is 5.79. The number of hydrogen-bond acceptors (Lipinski definition) is 5. The molecule has 1 aliphatic rings. The van der Waals surface area contributed by atoms with Crippen molar-refractivity contribution in [1.29, 1.82) is 0 Å². The first-order valence-corrected chi connectivity index (χ1v) is 10.00. The molecule has 0 bridgehead atoms. The number of likely N-dealkylation sites (tertiary alicyclic amines) is 1. The topological polar surface area (TPSA) is 105 Å². The van der Waals surface area contributed by atoms with Crippen LogP contribution in [0.1, 0.15) is 19.8 Å². The molecule has 0 radical (unpaired) electrons. The molecule has 31 heavy (non-hydrogen) atoms. The van der Waals surface area contributed by atoms with Crippen LogP contribution >= 0.6 is 0 Å². The summed E-state index contributed by atoms with van der Waals surface area (Å²) in [5.41, 5.74) is 2.95. The molecule has 8 heteroatoms. The standard InChI is InChI=1S/C23H22N4O4/c1-15(29)27-12-2-3-20(27)22(30)26-19-10-6-17(7-11-19)23-24-13-21(31-23)16-4-8-18(9-5-16)25-14-28/h4-11,13-14,20H,2-3,12H2,1H3,(H,25,28)(H,26,30)/t20-/m0/s1. The molecule has 4 rings (SSSR count). The third-order valence-corrected chi connectivity index (χ3v) is 5.26. The van der Waals surface area contributed by atoms with Crippen molar-refractivity contribution in [3.05, 3.63) is 54.7 Å². The molecule has 0 unspecified atom stereocenters. The fourth-order valence-electron chi connectivity index (χ4n) is 3.68. The summed E-state index contributed by atoms with van der Waals surface area (Å²) in [4.78, 5) is 40.7. The fraction of sp³-hybridized carbons (Fsp3) is 0.217. The first kappa shape index (κ1) is 20.3. The van der Waals surface area contributed by atoms with Crippen molar-refractivity contribution in [2.24, 2.45) is 0 Å². The lowest BCUT2D eigenvalue weighted by atomic mass is 10.1. The van der Waals surface area contributed by atoms with Gasteiger partial charge in [0.25, 0.3) is 0 Å². The zero-order valence-corrected chi connectivity index (χ0v) is 17.0. The number of benzene rings is 2. The van der Waals surface area contributed by atoms with Crippen molar-refractivity contribution < 1.29 is 18.8 Å². The van der Waals surface area contributed by atoms with Crippen LogP contribution in [0.3, 0.4) is 0 Å². The second-order valence-corrected chi connectivity index (χ2v) is 7.31. The summed E-state index contributed by atoms with van der Waals surface area (Å²) in [6.45, 7) is 2.11. The number of anilines is 2. The highest BCUT2D eigenvalue weighted by Gasteiger charge is 2.32. The third kappa shape index (κ3) is 4.48. The molecule has 1 fully saturated rings. The second kappa shape index (κ2) is 8.83. The first-order valence-electron chi connectivity index (χ1n) is 10.00. The normalized spacial score (nSPS) is 15.5. The van der Waals surface area contributed by atoms with Crippen LogP contribution in [0.4, 0.5) is 11.4 Å². The number of carbonyl (C=O) groups is 3. The molecule has 1 atom stereocenters. The van der Waals surface area contributed by atoms with E-state index in [2.05, 4.69) is 15.6 Å². The second-order valence-electron chi connectivity index (χ2n) is 7.31. The summed E-state index contributed by atoms with van der Waals surface area (Å²) in [6, 6.07) is 14.0. The van der Waals surface area contributed by atoms with Crippen molar-refractivity contribution in [1.82, 2.24) is 9.88 Å². The Morgan fingerprint density at radius 3 is 2.42 bits per heavy atom. The maximum absolute atomic E-state index is 12.6. The lowest BCUT2D eigenvalue weighted by Crippen LogP contribution is -2.42. The van der Waals surface area contributed by atoms with Crippen LogP contribution in [0.2, 0.25) is 0 Å². The quantitative estimate of drug-likeness (QED) is 0.596. The highest BCUT2D eigenvalue weighted by Crippen LogP contribution is 2.28. The van der Waals surface area contributed by atoms with E-state index < -0.39 is 6.04 Å². The van der Waals surface area contributed by atoms with Crippen molar-refractivity contribution in [2.75, 3.05) is 17.2 Å². The Balaban J connectivity index is 1.43. The Bertz CT molecular complexity index is 1090. The minimum absolute atomic E-state index is 0.0812. The van der Waals surface area contributed by atoms with Gasteiger partial charge in [-0.3, -0.25) is 14.4 Å². The molecule has 2 heterocycles. The molecule has 8 nitrogen and oxygen atoms in total. The first-order chi connectivity index (χ1) is 15.0. The van der Waals surface area contributed by atoms with Gasteiger partial charge in [-0.15, -0.1) is 0 Å². The Hall–Kier alpha value is -3.94. The fourth-order valence-corrected chi connectivity index (χ4v) is 3.68. The van der Waals surface area contributed by atoms with Crippen LogP contribution in [0.5, 0.6) is 0 Å². The summed E-state index contributed by atoms with van der Waals surface area (Å²) in [6.07, 6.45) is 3.78. The van der Waals surface area contributed by atoms with E-state index in [1.54, 1.807) is 35.4 Å². The number of carbonyl (C=O) groups excluding carboxylic acids is 3. The predicted molar refractivity (Wildman–Crippen MR) is 116 cm³/mol. The van der Waals surface area contributed by atoms with Crippen molar-refractivity contribution >= 4 is 29.6 Å². The number of hydrogen-bond donors (Lipinski definition) is 2. The van der Waals surface area contributed by atoms with Crippen molar-refractivity contribution in [2.45, 2.75) is 25.8 Å². The summed E-state index contributed by atoms with van der Waals surface area (Å²) < 4.78 is 5.87. The van der Waals surface area contributed by atoms with Gasteiger partial charge in [0.2, 0.25) is 24.1 Å². The average Bonchev–Trinajstić information content (AvgIpc) is 3.45. The lowest BCUT2D eigenvalue weighted by molar-refractivity contribution is -0.134. The van der Waals surface area contributed by atoms with Gasteiger partial charge in [0.05, 0.1) is 6.20 Å². The summed E-state index contributed by atoms with van der Waals surface area (Å²) in [5.74, 6) is 0.811. The molecular formula is C23H22N4O4. The van der Waals surface area contributed by atoms with E-state index in [-0.39, 0.29) is 11.8 Å². The van der Waals surface area contributed by atoms with Gasteiger partial charge in [0, 0.05) is 36.0 Å². The summed E-state index contributed by atoms with van der Waals surface area (Å²) in [5, 5.41) is 5.46. The van der Waals surface area contributed by atoms with E-state index in [9.17, 15) is 14.4 Å². The molecule has 3 aromatic rings. The monoisotopic (exact) mass is 418 g/mol. The Labute approximate surface area is 179 Å². The number of amides is 3. The van der Waals surface area contributed by atoms with Crippen LogP contribution in [-0.2, 0) is 14.4 Å². The predicted octanol–water partition coefficient (Wildman–Crippen LogP) is 3.53. The zero-order chi connectivity index (χ0) is 21.8. The Morgan fingerprint density at radius 2 is 1.74 bits per heavy atom. The zero-order valence-electron chi connectivity index (χ0n) is 17.0. The summed E-state index contributed by atoms with van der Waals surface area (Å²) >= 11 is 0. The summed E-state index contributed by atoms with van der Waals surface area (Å²) in [7, 11) is 0. The third-order valence-electron chi connectivity index (χ3n) is 5.26. The SMILES string of the molecule is CC(=O)N1CCC[C@H]1C(=O)Nc1ccc(-c2ncc(-c3ccc(NC=O)cc3)o2)cc1. The molecule has 2 N–H and O–H groups in total. The van der Waals surface area contributed by atoms with Gasteiger partial charge in [0.15, 0.2) is 5.76 Å². The van der Waals surface area contributed by atoms with Crippen LogP contribution in [0.25, 0.3) is 22.8 Å². The van der Waals surface area contributed by atoms with Gasteiger partial charge in [-0.1, -0.05) is 0 Å². The van der Waals surface area contributed by atoms with E-state index in [4.69, 9.17) is 4.42 Å². The minimum atomic E-state index is -0.417. The van der Waals surface area contributed by atoms with Gasteiger partial charge in [-0.05, 0) is 61.4 Å². The number of rotatable bonds is 6. The number of oxazole rings is 1. The van der Waals surface area contributed by atoms with E-state index in [0.29, 0.717) is 42.4 Å². The molecule has 1 aromatic heterocycles. The molecule has 1 saturated heterocycles. The van der Waals surface area contributed by atoms with Crippen LogP contribution in [0.15, 0.2) is 59.1 Å². The highest BCUT2D eigenvalue weighted by atomic mass is 16.4. The van der Waals surface area contributed by atoms with Gasteiger partial charge in [0.1, 0.15) is 6.04 Å². The minimum Gasteiger partial charge on any atom is -0.436 e. The average molecular weight is 418 g/mol. The molecule has 3 amide bonds. The Morgan fingerprint density at radius 1 is 1.06 bits per heavy atom. The number of aromatic nitrogens is 1.